The van der Waals surface area contributed by atoms with Crippen LogP contribution in [-0.4, -0.2) is 18.1 Å². The number of hydrogen-bond acceptors (Lipinski definition) is 3. The number of pyridine rings is 1. The van der Waals surface area contributed by atoms with Crippen molar-refractivity contribution in [2.45, 2.75) is 44.6 Å². The zero-order valence-corrected chi connectivity index (χ0v) is 9.91. The lowest BCUT2D eigenvalue weighted by Crippen LogP contribution is -2.15. The van der Waals surface area contributed by atoms with E-state index in [0.29, 0.717) is 6.10 Å². The molecule has 88 valence electrons. The van der Waals surface area contributed by atoms with Crippen LogP contribution in [0.5, 0.6) is 5.75 Å². The maximum absolute atomic E-state index is 6.00. The topological polar surface area (TPSA) is 34.1 Å². The van der Waals surface area contributed by atoms with Crippen molar-refractivity contribution in [3.63, 3.8) is 0 Å². The standard InChI is InChI=1S/C13H20N2O/c1-14-13-10-12(8-9-15-13)16-11-6-4-2-3-5-7-11/h8-11H,2-7H2,1H3,(H,14,15). The summed E-state index contributed by atoms with van der Waals surface area (Å²) in [6, 6.07) is 3.90. The predicted octanol–water partition coefficient (Wildman–Crippen LogP) is 3.22. The first kappa shape index (κ1) is 11.2. The molecule has 1 N–H and O–H groups in total. The third-order valence-corrected chi connectivity index (χ3v) is 3.09. The van der Waals surface area contributed by atoms with Crippen LogP contribution in [0.25, 0.3) is 0 Å². The van der Waals surface area contributed by atoms with Crippen molar-refractivity contribution in [3.05, 3.63) is 18.3 Å². The Morgan fingerprint density at radius 2 is 2.00 bits per heavy atom. The molecule has 0 atom stereocenters. The Morgan fingerprint density at radius 1 is 1.25 bits per heavy atom. The van der Waals surface area contributed by atoms with Gasteiger partial charge in [-0.2, -0.15) is 0 Å². The van der Waals surface area contributed by atoms with Crippen molar-refractivity contribution in [2.24, 2.45) is 0 Å². The van der Waals surface area contributed by atoms with Crippen LogP contribution < -0.4 is 10.1 Å². The normalized spacial score (nSPS) is 17.8. The van der Waals surface area contributed by atoms with Crippen molar-refractivity contribution in [3.8, 4) is 5.75 Å². The molecule has 0 aliphatic heterocycles. The molecule has 1 aromatic heterocycles. The van der Waals surface area contributed by atoms with E-state index < -0.39 is 0 Å². The molecular formula is C13H20N2O. The van der Waals surface area contributed by atoms with Gasteiger partial charge in [-0.25, -0.2) is 4.98 Å². The summed E-state index contributed by atoms with van der Waals surface area (Å²) in [5.41, 5.74) is 0. The van der Waals surface area contributed by atoms with Gasteiger partial charge in [0.05, 0.1) is 6.10 Å². The van der Waals surface area contributed by atoms with Gasteiger partial charge in [-0.15, -0.1) is 0 Å². The third kappa shape index (κ3) is 3.12. The van der Waals surface area contributed by atoms with Crippen LogP contribution in [0.2, 0.25) is 0 Å². The molecule has 3 heteroatoms. The molecule has 1 saturated carbocycles. The van der Waals surface area contributed by atoms with Crippen LogP contribution in [0.1, 0.15) is 38.5 Å². The van der Waals surface area contributed by atoms with Crippen molar-refractivity contribution < 1.29 is 4.74 Å². The molecule has 2 rings (SSSR count). The molecule has 0 radical (unpaired) electrons. The SMILES string of the molecule is CNc1cc(OC2CCCCCC2)ccn1. The summed E-state index contributed by atoms with van der Waals surface area (Å²) in [6.07, 6.45) is 9.89. The molecule has 0 spiro atoms. The number of ether oxygens (including phenoxy) is 1. The van der Waals surface area contributed by atoms with Crippen LogP contribution in [0, 0.1) is 0 Å². The Kier molecular flexibility index (Phi) is 4.03. The number of anilines is 1. The monoisotopic (exact) mass is 220 g/mol. The van der Waals surface area contributed by atoms with E-state index in [9.17, 15) is 0 Å². The summed E-state index contributed by atoms with van der Waals surface area (Å²) in [5, 5.41) is 3.03. The predicted molar refractivity (Wildman–Crippen MR) is 65.9 cm³/mol. The summed E-state index contributed by atoms with van der Waals surface area (Å²) in [4.78, 5) is 4.18. The Hall–Kier alpha value is -1.25. The second kappa shape index (κ2) is 5.73. The fourth-order valence-electron chi connectivity index (χ4n) is 2.17. The number of aromatic nitrogens is 1. The van der Waals surface area contributed by atoms with Gasteiger partial charge in [0, 0.05) is 19.3 Å². The first-order valence-electron chi connectivity index (χ1n) is 6.19. The van der Waals surface area contributed by atoms with E-state index in [1.807, 2.05) is 19.2 Å². The lowest BCUT2D eigenvalue weighted by atomic mass is 10.1. The molecule has 3 nitrogen and oxygen atoms in total. The lowest BCUT2D eigenvalue weighted by Gasteiger charge is -2.17. The van der Waals surface area contributed by atoms with E-state index in [4.69, 9.17) is 4.74 Å². The molecule has 0 amide bonds. The zero-order chi connectivity index (χ0) is 11.2. The minimum atomic E-state index is 0.398. The molecule has 0 bridgehead atoms. The summed E-state index contributed by atoms with van der Waals surface area (Å²) in [7, 11) is 1.87. The Morgan fingerprint density at radius 3 is 2.69 bits per heavy atom. The van der Waals surface area contributed by atoms with Crippen molar-refractivity contribution in [2.75, 3.05) is 12.4 Å². The highest BCUT2D eigenvalue weighted by molar-refractivity contribution is 5.39. The molecule has 1 fully saturated rings. The van der Waals surface area contributed by atoms with E-state index in [0.717, 1.165) is 11.6 Å². The summed E-state index contributed by atoms with van der Waals surface area (Å²) >= 11 is 0. The fourth-order valence-corrected chi connectivity index (χ4v) is 2.17. The van der Waals surface area contributed by atoms with E-state index in [2.05, 4.69) is 10.3 Å². The van der Waals surface area contributed by atoms with Crippen LogP contribution in [-0.2, 0) is 0 Å². The van der Waals surface area contributed by atoms with Crippen molar-refractivity contribution in [1.29, 1.82) is 0 Å². The first-order valence-corrected chi connectivity index (χ1v) is 6.19. The minimum Gasteiger partial charge on any atom is -0.490 e. The van der Waals surface area contributed by atoms with Crippen LogP contribution in [0.3, 0.4) is 0 Å². The van der Waals surface area contributed by atoms with Crippen LogP contribution in [0.15, 0.2) is 18.3 Å². The van der Waals surface area contributed by atoms with Crippen molar-refractivity contribution in [1.82, 2.24) is 4.98 Å². The van der Waals surface area contributed by atoms with Gasteiger partial charge in [0.1, 0.15) is 11.6 Å². The van der Waals surface area contributed by atoms with Gasteiger partial charge in [0.15, 0.2) is 0 Å². The number of rotatable bonds is 3. The Balaban J connectivity index is 1.96. The zero-order valence-electron chi connectivity index (χ0n) is 9.91. The molecule has 1 aromatic rings. The second-order valence-electron chi connectivity index (χ2n) is 4.36. The summed E-state index contributed by atoms with van der Waals surface area (Å²) in [5.74, 6) is 1.80. The highest BCUT2D eigenvalue weighted by atomic mass is 16.5. The van der Waals surface area contributed by atoms with Gasteiger partial charge >= 0.3 is 0 Å². The van der Waals surface area contributed by atoms with Gasteiger partial charge < -0.3 is 10.1 Å². The molecule has 16 heavy (non-hydrogen) atoms. The fraction of sp³-hybridized carbons (Fsp3) is 0.615. The van der Waals surface area contributed by atoms with Gasteiger partial charge in [0.2, 0.25) is 0 Å². The van der Waals surface area contributed by atoms with Gasteiger partial charge in [-0.1, -0.05) is 12.8 Å². The largest absolute Gasteiger partial charge is 0.490 e. The second-order valence-corrected chi connectivity index (χ2v) is 4.36. The van der Waals surface area contributed by atoms with Crippen LogP contribution in [0.4, 0.5) is 5.82 Å². The van der Waals surface area contributed by atoms with Crippen molar-refractivity contribution >= 4 is 5.82 Å². The first-order chi connectivity index (χ1) is 7.88. The highest BCUT2D eigenvalue weighted by Gasteiger charge is 2.13. The number of nitrogens with one attached hydrogen (secondary N) is 1. The summed E-state index contributed by atoms with van der Waals surface area (Å²) < 4.78 is 6.00. The minimum absolute atomic E-state index is 0.398. The molecule has 1 aliphatic carbocycles. The molecule has 0 saturated heterocycles. The van der Waals surface area contributed by atoms with E-state index >= 15 is 0 Å². The molecule has 1 aliphatic rings. The average Bonchev–Trinajstić information content (AvgIpc) is 2.58. The maximum Gasteiger partial charge on any atom is 0.129 e. The van der Waals surface area contributed by atoms with E-state index in [-0.39, 0.29) is 0 Å². The molecule has 0 aromatic carbocycles. The quantitative estimate of drug-likeness (QED) is 0.794. The van der Waals surface area contributed by atoms with Gasteiger partial charge in [0.25, 0.3) is 0 Å². The van der Waals surface area contributed by atoms with E-state index in [1.54, 1.807) is 6.20 Å². The maximum atomic E-state index is 6.00. The molecular weight excluding hydrogens is 200 g/mol. The van der Waals surface area contributed by atoms with Gasteiger partial charge in [-0.3, -0.25) is 0 Å². The van der Waals surface area contributed by atoms with Crippen LogP contribution >= 0.6 is 0 Å². The lowest BCUT2D eigenvalue weighted by molar-refractivity contribution is 0.183. The smallest absolute Gasteiger partial charge is 0.129 e. The number of nitrogens with zero attached hydrogens (tertiary/aromatic N) is 1. The van der Waals surface area contributed by atoms with Gasteiger partial charge in [-0.05, 0) is 31.7 Å². The highest BCUT2D eigenvalue weighted by Crippen LogP contribution is 2.23. The van der Waals surface area contributed by atoms with E-state index in [1.165, 1.54) is 38.5 Å². The Labute approximate surface area is 97.2 Å². The summed E-state index contributed by atoms with van der Waals surface area (Å²) in [6.45, 7) is 0. The Bertz CT molecular complexity index is 319. The number of hydrogen-bond donors (Lipinski definition) is 1. The average molecular weight is 220 g/mol. The third-order valence-electron chi connectivity index (χ3n) is 3.09. The molecule has 0 unspecified atom stereocenters. The molecule has 1 heterocycles.